The molecule has 0 fully saturated rings. The number of amides is 1. The fourth-order valence-corrected chi connectivity index (χ4v) is 4.01. The van der Waals surface area contributed by atoms with Gasteiger partial charge in [-0.2, -0.15) is 5.10 Å². The van der Waals surface area contributed by atoms with Crippen LogP contribution in [0.25, 0.3) is 5.69 Å². The highest BCUT2D eigenvalue weighted by Crippen LogP contribution is 2.27. The molecule has 1 aliphatic rings. The lowest BCUT2D eigenvalue weighted by Crippen LogP contribution is -2.32. The van der Waals surface area contributed by atoms with Gasteiger partial charge in [0.1, 0.15) is 11.6 Å². The molecule has 0 radical (unpaired) electrons. The van der Waals surface area contributed by atoms with Crippen LogP contribution in [-0.4, -0.2) is 52.7 Å². The summed E-state index contributed by atoms with van der Waals surface area (Å²) in [5.41, 5.74) is 4.37. The quantitative estimate of drug-likeness (QED) is 0.608. The molecule has 1 aromatic heterocycles. The Bertz CT molecular complexity index is 1080. The maximum atomic E-state index is 13.9. The summed E-state index contributed by atoms with van der Waals surface area (Å²) in [4.78, 5) is 17.0. The summed E-state index contributed by atoms with van der Waals surface area (Å²) in [5, 5.41) is 4.82. The van der Waals surface area contributed by atoms with Crippen LogP contribution in [0.15, 0.2) is 48.5 Å². The normalized spacial score (nSPS) is 13.7. The molecular formula is C24H27FN4O2. The van der Waals surface area contributed by atoms with E-state index in [1.54, 1.807) is 49.4 Å². The second-order valence-electron chi connectivity index (χ2n) is 7.77. The molecule has 3 aromatic rings. The molecule has 31 heavy (non-hydrogen) atoms. The standard InChI is InChI=1S/C24H27FN4O2/c1-4-28-13-12-23-21(15-28)22(26-29(23)19-7-5-6-18(25)14-19)16-27(2)24(30)17-8-10-20(31-3)11-9-17/h5-11,14H,4,12-13,15-16H2,1-3H3. The first-order valence-corrected chi connectivity index (χ1v) is 10.5. The molecule has 162 valence electrons. The van der Waals surface area contributed by atoms with E-state index in [0.717, 1.165) is 43.0 Å². The minimum Gasteiger partial charge on any atom is -0.497 e. The first-order chi connectivity index (χ1) is 15.0. The zero-order valence-corrected chi connectivity index (χ0v) is 18.1. The SMILES string of the molecule is CCN1CCc2c(c(CN(C)C(=O)c3ccc(OC)cc3)nn2-c2cccc(F)c2)C1. The molecule has 0 atom stereocenters. The predicted molar refractivity (Wildman–Crippen MR) is 117 cm³/mol. The van der Waals surface area contributed by atoms with Crippen LogP contribution in [0.1, 0.15) is 34.2 Å². The molecule has 1 amide bonds. The fraction of sp³-hybridized carbons (Fsp3) is 0.333. The van der Waals surface area contributed by atoms with Gasteiger partial charge in [0.05, 0.1) is 30.7 Å². The van der Waals surface area contributed by atoms with E-state index in [1.807, 2.05) is 10.7 Å². The maximum Gasteiger partial charge on any atom is 0.253 e. The van der Waals surface area contributed by atoms with Gasteiger partial charge in [-0.05, 0) is 49.0 Å². The van der Waals surface area contributed by atoms with Gasteiger partial charge in [0, 0.05) is 37.7 Å². The molecule has 2 aromatic carbocycles. The largest absolute Gasteiger partial charge is 0.497 e. The second-order valence-corrected chi connectivity index (χ2v) is 7.77. The van der Waals surface area contributed by atoms with Crippen molar-refractivity contribution in [3.63, 3.8) is 0 Å². The van der Waals surface area contributed by atoms with E-state index in [9.17, 15) is 9.18 Å². The maximum absolute atomic E-state index is 13.9. The van der Waals surface area contributed by atoms with E-state index in [0.29, 0.717) is 23.5 Å². The van der Waals surface area contributed by atoms with Crippen LogP contribution in [0, 0.1) is 5.82 Å². The molecule has 0 bridgehead atoms. The van der Waals surface area contributed by atoms with E-state index in [-0.39, 0.29) is 11.7 Å². The highest BCUT2D eigenvalue weighted by molar-refractivity contribution is 5.94. The monoisotopic (exact) mass is 422 g/mol. The Morgan fingerprint density at radius 1 is 1.23 bits per heavy atom. The molecule has 6 nitrogen and oxygen atoms in total. The molecule has 0 unspecified atom stereocenters. The molecule has 1 aliphatic heterocycles. The summed E-state index contributed by atoms with van der Waals surface area (Å²) < 4.78 is 20.9. The average molecular weight is 423 g/mol. The third kappa shape index (κ3) is 4.32. The number of rotatable bonds is 6. The lowest BCUT2D eigenvalue weighted by atomic mass is 10.0. The number of nitrogens with zero attached hydrogens (tertiary/aromatic N) is 4. The zero-order chi connectivity index (χ0) is 22.0. The van der Waals surface area contributed by atoms with Crippen molar-refractivity contribution in [3.8, 4) is 11.4 Å². The Balaban J connectivity index is 1.64. The summed E-state index contributed by atoms with van der Waals surface area (Å²) in [5.74, 6) is 0.336. The number of carbonyl (C=O) groups excluding carboxylic acids is 1. The molecule has 0 spiro atoms. The summed E-state index contributed by atoms with van der Waals surface area (Å²) in [6.07, 6.45) is 0.836. The number of fused-ring (bicyclic) bond motifs is 1. The lowest BCUT2D eigenvalue weighted by molar-refractivity contribution is 0.0782. The minimum absolute atomic E-state index is 0.0835. The second kappa shape index (κ2) is 8.89. The third-order valence-electron chi connectivity index (χ3n) is 5.79. The Morgan fingerprint density at radius 2 is 2.00 bits per heavy atom. The van der Waals surface area contributed by atoms with Gasteiger partial charge in [-0.3, -0.25) is 9.69 Å². The Morgan fingerprint density at radius 3 is 2.68 bits per heavy atom. The topological polar surface area (TPSA) is 50.6 Å². The van der Waals surface area contributed by atoms with Gasteiger partial charge in [0.25, 0.3) is 5.91 Å². The van der Waals surface area contributed by atoms with Gasteiger partial charge >= 0.3 is 0 Å². The van der Waals surface area contributed by atoms with Crippen molar-refractivity contribution in [2.75, 3.05) is 27.2 Å². The number of methoxy groups -OCH3 is 1. The molecule has 0 saturated heterocycles. The highest BCUT2D eigenvalue weighted by atomic mass is 19.1. The summed E-state index contributed by atoms with van der Waals surface area (Å²) in [6.45, 7) is 5.18. The van der Waals surface area contributed by atoms with Gasteiger partial charge < -0.3 is 9.64 Å². The number of likely N-dealkylation sites (N-methyl/N-ethyl adjacent to an activating group) is 1. The first-order valence-electron chi connectivity index (χ1n) is 10.5. The molecule has 2 heterocycles. The number of halogens is 1. The van der Waals surface area contributed by atoms with Crippen LogP contribution < -0.4 is 4.74 Å². The third-order valence-corrected chi connectivity index (χ3v) is 5.79. The number of ether oxygens (including phenoxy) is 1. The van der Waals surface area contributed by atoms with E-state index < -0.39 is 0 Å². The summed E-state index contributed by atoms with van der Waals surface area (Å²) in [6, 6.07) is 13.6. The number of hydrogen-bond donors (Lipinski definition) is 0. The summed E-state index contributed by atoms with van der Waals surface area (Å²) in [7, 11) is 3.38. The van der Waals surface area contributed by atoms with Crippen molar-refractivity contribution in [2.24, 2.45) is 0 Å². The van der Waals surface area contributed by atoms with Crippen LogP contribution in [0.4, 0.5) is 4.39 Å². The van der Waals surface area contributed by atoms with E-state index >= 15 is 0 Å². The van der Waals surface area contributed by atoms with Crippen molar-refractivity contribution in [2.45, 2.75) is 26.4 Å². The van der Waals surface area contributed by atoms with Gasteiger partial charge in [-0.25, -0.2) is 9.07 Å². The van der Waals surface area contributed by atoms with Crippen molar-refractivity contribution < 1.29 is 13.9 Å². The van der Waals surface area contributed by atoms with Crippen molar-refractivity contribution in [3.05, 3.63) is 76.9 Å². The van der Waals surface area contributed by atoms with Gasteiger partial charge in [0.2, 0.25) is 0 Å². The number of carbonyl (C=O) groups is 1. The Hall–Kier alpha value is -3.19. The molecule has 0 aliphatic carbocycles. The van der Waals surface area contributed by atoms with Crippen LogP contribution in [0.5, 0.6) is 5.75 Å². The van der Waals surface area contributed by atoms with Crippen molar-refractivity contribution in [1.82, 2.24) is 19.6 Å². The molecule has 7 heteroatoms. The van der Waals surface area contributed by atoms with Crippen LogP contribution in [-0.2, 0) is 19.5 Å². The Kier molecular flexibility index (Phi) is 6.04. The smallest absolute Gasteiger partial charge is 0.253 e. The van der Waals surface area contributed by atoms with Crippen LogP contribution >= 0.6 is 0 Å². The number of aromatic nitrogens is 2. The van der Waals surface area contributed by atoms with Crippen LogP contribution in [0.3, 0.4) is 0 Å². The molecule has 4 rings (SSSR count). The van der Waals surface area contributed by atoms with Gasteiger partial charge in [0.15, 0.2) is 0 Å². The van der Waals surface area contributed by atoms with E-state index in [2.05, 4.69) is 11.8 Å². The first kappa shape index (κ1) is 21.1. The van der Waals surface area contributed by atoms with Crippen molar-refractivity contribution in [1.29, 1.82) is 0 Å². The molecule has 0 saturated carbocycles. The van der Waals surface area contributed by atoms with E-state index in [1.165, 1.54) is 12.1 Å². The van der Waals surface area contributed by atoms with Gasteiger partial charge in [-0.1, -0.05) is 13.0 Å². The zero-order valence-electron chi connectivity index (χ0n) is 18.1. The fourth-order valence-electron chi connectivity index (χ4n) is 4.01. The van der Waals surface area contributed by atoms with Gasteiger partial charge in [-0.15, -0.1) is 0 Å². The lowest BCUT2D eigenvalue weighted by Gasteiger charge is -2.27. The number of hydrogen-bond acceptors (Lipinski definition) is 4. The average Bonchev–Trinajstić information content (AvgIpc) is 3.16. The van der Waals surface area contributed by atoms with Crippen molar-refractivity contribution >= 4 is 5.91 Å². The van der Waals surface area contributed by atoms with E-state index in [4.69, 9.17) is 9.84 Å². The Labute approximate surface area is 181 Å². The highest BCUT2D eigenvalue weighted by Gasteiger charge is 2.26. The molecular weight excluding hydrogens is 395 g/mol. The molecule has 0 N–H and O–H groups in total. The van der Waals surface area contributed by atoms with Crippen LogP contribution in [0.2, 0.25) is 0 Å². The minimum atomic E-state index is -0.291. The predicted octanol–water partition coefficient (Wildman–Crippen LogP) is 3.67. The summed E-state index contributed by atoms with van der Waals surface area (Å²) >= 11 is 0. The number of benzene rings is 2.